The molecule has 0 N–H and O–H groups in total. The van der Waals surface area contributed by atoms with Gasteiger partial charge in [0.05, 0.1) is 29.7 Å². The summed E-state index contributed by atoms with van der Waals surface area (Å²) in [4.78, 5) is 7.21. The molecule has 0 aliphatic carbocycles. The minimum Gasteiger partial charge on any atom is -0.422 e. The van der Waals surface area contributed by atoms with Crippen molar-refractivity contribution in [2.45, 2.75) is 6.18 Å². The second-order valence-electron chi connectivity index (χ2n) is 4.72. The molecule has 2 aromatic heterocycles. The van der Waals surface area contributed by atoms with Crippen LogP contribution in [0.4, 0.5) is 17.6 Å². The van der Waals surface area contributed by atoms with E-state index in [9.17, 15) is 22.8 Å². The van der Waals surface area contributed by atoms with Gasteiger partial charge in [0.2, 0.25) is 0 Å². The van der Waals surface area contributed by atoms with E-state index in [4.69, 9.17) is 4.74 Å². The predicted octanol–water partition coefficient (Wildman–Crippen LogP) is 3.48. The number of rotatable bonds is 3. The van der Waals surface area contributed by atoms with Crippen LogP contribution in [0.15, 0.2) is 43.0 Å². The number of hydrogen-bond donors (Lipinski definition) is 0. The Morgan fingerprint density at radius 3 is 2.44 bits per heavy atom. The molecule has 0 bridgehead atoms. The molecule has 0 radical (unpaired) electrons. The third-order valence-corrected chi connectivity index (χ3v) is 3.06. The van der Waals surface area contributed by atoms with Crippen molar-refractivity contribution < 1.29 is 22.3 Å². The zero-order chi connectivity index (χ0) is 18.0. The van der Waals surface area contributed by atoms with Crippen LogP contribution < -0.4 is 4.74 Å². The number of ether oxygens (including phenoxy) is 1. The van der Waals surface area contributed by atoms with Gasteiger partial charge in [0.25, 0.3) is 0 Å². The van der Waals surface area contributed by atoms with E-state index in [1.165, 1.54) is 18.2 Å². The average molecular weight is 349 g/mol. The fourth-order valence-corrected chi connectivity index (χ4v) is 1.97. The molecule has 10 heteroatoms. The zero-order valence-corrected chi connectivity index (χ0v) is 12.2. The van der Waals surface area contributed by atoms with Crippen LogP contribution in [0.2, 0.25) is 0 Å². The van der Waals surface area contributed by atoms with Crippen molar-refractivity contribution >= 4 is 0 Å². The third kappa shape index (κ3) is 3.40. The van der Waals surface area contributed by atoms with Crippen LogP contribution in [0.25, 0.3) is 5.69 Å². The Morgan fingerprint density at radius 1 is 1.12 bits per heavy atom. The number of alkyl halides is 3. The van der Waals surface area contributed by atoms with E-state index in [2.05, 4.69) is 15.1 Å². The van der Waals surface area contributed by atoms with Gasteiger partial charge in [-0.3, -0.25) is 0 Å². The Labute approximate surface area is 137 Å². The fraction of sp³-hybridized carbons (Fsp3) is 0.0667. The van der Waals surface area contributed by atoms with Crippen LogP contribution >= 0.6 is 0 Å². The monoisotopic (exact) mass is 349 g/mol. The zero-order valence-electron chi connectivity index (χ0n) is 12.2. The van der Waals surface area contributed by atoms with Gasteiger partial charge in [0, 0.05) is 6.20 Å². The molecule has 25 heavy (non-hydrogen) atoms. The first-order chi connectivity index (χ1) is 11.9. The highest BCUT2D eigenvalue weighted by molar-refractivity contribution is 5.58. The minimum absolute atomic E-state index is 0.0116. The lowest BCUT2D eigenvalue weighted by Gasteiger charge is -2.11. The van der Waals surface area contributed by atoms with Crippen molar-refractivity contribution in [1.29, 1.82) is 5.26 Å². The fourth-order valence-electron chi connectivity index (χ4n) is 1.97. The Morgan fingerprint density at radius 2 is 1.84 bits per heavy atom. The highest BCUT2D eigenvalue weighted by Gasteiger charge is 2.32. The first-order valence-electron chi connectivity index (χ1n) is 6.69. The molecule has 0 saturated heterocycles. The van der Waals surface area contributed by atoms with Gasteiger partial charge in [-0.05, 0) is 12.1 Å². The molecule has 0 fully saturated rings. The molecular weight excluding hydrogens is 342 g/mol. The molecule has 3 aromatic rings. The molecular formula is C15H7F4N5O. The first kappa shape index (κ1) is 16.4. The molecule has 126 valence electrons. The standard InChI is InChI=1S/C15H7F4N5O/c16-11-6-21-14(22-7-11)25-12-3-1-2-9(4-20)13(12)24-8-10(5-23-24)15(17,18)19/h1-3,5-8H. The maximum atomic E-state index is 12.9. The van der Waals surface area contributed by atoms with Gasteiger partial charge in [-0.1, -0.05) is 6.07 Å². The van der Waals surface area contributed by atoms with Crippen LogP contribution in [0.5, 0.6) is 11.8 Å². The molecule has 0 aliphatic heterocycles. The largest absolute Gasteiger partial charge is 0.422 e. The van der Waals surface area contributed by atoms with E-state index < -0.39 is 17.6 Å². The number of para-hydroxylation sites is 1. The van der Waals surface area contributed by atoms with E-state index in [1.807, 2.05) is 6.07 Å². The molecule has 0 aliphatic rings. The summed E-state index contributed by atoms with van der Waals surface area (Å²) in [5.74, 6) is -0.692. The maximum Gasteiger partial charge on any atom is 0.419 e. The molecule has 0 saturated carbocycles. The van der Waals surface area contributed by atoms with Gasteiger partial charge in [-0.25, -0.2) is 19.0 Å². The van der Waals surface area contributed by atoms with Crippen molar-refractivity contribution in [2.24, 2.45) is 0 Å². The van der Waals surface area contributed by atoms with Crippen molar-refractivity contribution in [3.05, 3.63) is 59.9 Å². The highest BCUT2D eigenvalue weighted by Crippen LogP contribution is 2.33. The summed E-state index contributed by atoms with van der Waals surface area (Å²) >= 11 is 0. The van der Waals surface area contributed by atoms with Crippen molar-refractivity contribution in [3.8, 4) is 23.5 Å². The SMILES string of the molecule is N#Cc1cccc(Oc2ncc(F)cn2)c1-n1cc(C(F)(F)F)cn1. The Bertz CT molecular complexity index is 944. The van der Waals surface area contributed by atoms with Crippen LogP contribution in [0.3, 0.4) is 0 Å². The molecule has 2 heterocycles. The lowest BCUT2D eigenvalue weighted by molar-refractivity contribution is -0.137. The summed E-state index contributed by atoms with van der Waals surface area (Å²) in [5.41, 5.74) is -0.978. The van der Waals surface area contributed by atoms with Gasteiger partial charge in [0.1, 0.15) is 11.8 Å². The summed E-state index contributed by atoms with van der Waals surface area (Å²) in [6, 6.07) is 5.88. The smallest absolute Gasteiger partial charge is 0.419 e. The summed E-state index contributed by atoms with van der Waals surface area (Å²) in [7, 11) is 0. The molecule has 1 aromatic carbocycles. The van der Waals surface area contributed by atoms with Gasteiger partial charge in [-0.2, -0.15) is 23.5 Å². The lowest BCUT2D eigenvalue weighted by Crippen LogP contribution is -2.04. The van der Waals surface area contributed by atoms with Crippen molar-refractivity contribution in [1.82, 2.24) is 19.7 Å². The molecule has 0 unspecified atom stereocenters. The van der Waals surface area contributed by atoms with Gasteiger partial charge in [0.15, 0.2) is 11.6 Å². The Balaban J connectivity index is 2.07. The highest BCUT2D eigenvalue weighted by atomic mass is 19.4. The molecule has 0 atom stereocenters. The molecule has 0 amide bonds. The van der Waals surface area contributed by atoms with Gasteiger partial charge < -0.3 is 4.74 Å². The quantitative estimate of drug-likeness (QED) is 0.677. The van der Waals surface area contributed by atoms with Gasteiger partial charge in [-0.15, -0.1) is 0 Å². The average Bonchev–Trinajstić information content (AvgIpc) is 3.06. The second kappa shape index (κ2) is 6.20. The normalized spacial score (nSPS) is 11.2. The van der Waals surface area contributed by atoms with Crippen LogP contribution in [-0.4, -0.2) is 19.7 Å². The van der Waals surface area contributed by atoms with E-state index in [0.29, 0.717) is 6.20 Å². The number of nitriles is 1. The topological polar surface area (TPSA) is 76.6 Å². The maximum absolute atomic E-state index is 12.9. The van der Waals surface area contributed by atoms with E-state index in [0.717, 1.165) is 23.3 Å². The number of benzene rings is 1. The number of hydrogen-bond acceptors (Lipinski definition) is 5. The van der Waals surface area contributed by atoms with E-state index in [1.54, 1.807) is 0 Å². The number of nitrogens with zero attached hydrogens (tertiary/aromatic N) is 5. The lowest BCUT2D eigenvalue weighted by atomic mass is 10.2. The predicted molar refractivity (Wildman–Crippen MR) is 75.3 cm³/mol. The van der Waals surface area contributed by atoms with Crippen LogP contribution in [-0.2, 0) is 6.18 Å². The van der Waals surface area contributed by atoms with Crippen LogP contribution in [0.1, 0.15) is 11.1 Å². The minimum atomic E-state index is -4.58. The number of aromatic nitrogens is 4. The Hall–Kier alpha value is -3.48. The van der Waals surface area contributed by atoms with E-state index in [-0.39, 0.29) is 23.0 Å². The Kier molecular flexibility index (Phi) is 4.06. The van der Waals surface area contributed by atoms with Crippen molar-refractivity contribution in [2.75, 3.05) is 0 Å². The summed E-state index contributed by atoms with van der Waals surface area (Å²) in [6.07, 6.45) is -1.49. The number of halogens is 4. The summed E-state index contributed by atoms with van der Waals surface area (Å²) in [5, 5.41) is 12.9. The molecule has 0 spiro atoms. The van der Waals surface area contributed by atoms with E-state index >= 15 is 0 Å². The molecule has 6 nitrogen and oxygen atoms in total. The third-order valence-electron chi connectivity index (χ3n) is 3.06. The summed E-state index contributed by atoms with van der Waals surface area (Å²) < 4.78 is 57.4. The molecule has 3 rings (SSSR count). The first-order valence-corrected chi connectivity index (χ1v) is 6.69. The summed E-state index contributed by atoms with van der Waals surface area (Å²) in [6.45, 7) is 0. The van der Waals surface area contributed by atoms with Crippen LogP contribution in [0, 0.1) is 17.1 Å². The van der Waals surface area contributed by atoms with Crippen molar-refractivity contribution in [3.63, 3.8) is 0 Å². The second-order valence-corrected chi connectivity index (χ2v) is 4.72. The van der Waals surface area contributed by atoms with Gasteiger partial charge >= 0.3 is 12.2 Å².